The molecule has 1 fully saturated rings. The molecule has 2 rings (SSSR count). The predicted molar refractivity (Wildman–Crippen MR) is 88.1 cm³/mol. The van der Waals surface area contributed by atoms with Crippen molar-refractivity contribution >= 4 is 21.7 Å². The fourth-order valence-corrected chi connectivity index (χ4v) is 4.02. The number of Topliss-reactive ketones (excluding diaryl/α,β-unsaturated/α-hetero) is 1. The molecule has 0 saturated heterocycles. The van der Waals surface area contributed by atoms with Crippen molar-refractivity contribution in [3.05, 3.63) is 15.9 Å². The maximum atomic E-state index is 12.9. The van der Waals surface area contributed by atoms with Crippen LogP contribution in [0.4, 0.5) is 0 Å². The van der Waals surface area contributed by atoms with Crippen molar-refractivity contribution in [1.29, 1.82) is 0 Å². The lowest BCUT2D eigenvalue weighted by molar-refractivity contribution is -0.129. The summed E-state index contributed by atoms with van der Waals surface area (Å²) in [5, 5.41) is 4.47. The van der Waals surface area contributed by atoms with Gasteiger partial charge in [-0.05, 0) is 54.0 Å². The van der Waals surface area contributed by atoms with Crippen molar-refractivity contribution in [3.63, 3.8) is 0 Å². The molecule has 1 saturated carbocycles. The highest BCUT2D eigenvalue weighted by Gasteiger charge is 2.39. The van der Waals surface area contributed by atoms with Gasteiger partial charge in [0.1, 0.15) is 5.78 Å². The van der Waals surface area contributed by atoms with Gasteiger partial charge >= 0.3 is 0 Å². The summed E-state index contributed by atoms with van der Waals surface area (Å²) >= 11 is 3.60. The number of aromatic nitrogens is 2. The lowest BCUT2D eigenvalue weighted by atomic mass is 9.67. The number of hydrogen-bond acceptors (Lipinski definition) is 3. The van der Waals surface area contributed by atoms with Gasteiger partial charge in [0.05, 0.1) is 22.3 Å². The molecule has 1 aliphatic carbocycles. The van der Waals surface area contributed by atoms with E-state index in [1.807, 2.05) is 11.7 Å². The lowest BCUT2D eigenvalue weighted by Gasteiger charge is -2.37. The summed E-state index contributed by atoms with van der Waals surface area (Å²) in [7, 11) is 1.91. The molecule has 1 aliphatic rings. The number of hydrogen-bond donors (Lipinski definition) is 1. The second-order valence-electron chi connectivity index (χ2n) is 6.45. The number of halogens is 1. The van der Waals surface area contributed by atoms with Gasteiger partial charge in [0.25, 0.3) is 0 Å². The highest BCUT2D eigenvalue weighted by atomic mass is 79.9. The first-order chi connectivity index (χ1) is 9.93. The van der Waals surface area contributed by atoms with Gasteiger partial charge in [0.2, 0.25) is 0 Å². The second-order valence-corrected chi connectivity index (χ2v) is 7.24. The summed E-state index contributed by atoms with van der Waals surface area (Å²) in [6.07, 6.45) is 5.36. The second kappa shape index (κ2) is 6.61. The van der Waals surface area contributed by atoms with E-state index in [1.54, 1.807) is 0 Å². The van der Waals surface area contributed by atoms with Crippen LogP contribution in [0.5, 0.6) is 0 Å². The summed E-state index contributed by atoms with van der Waals surface area (Å²) in [6, 6.07) is 0. The van der Waals surface area contributed by atoms with Crippen LogP contribution in [0.3, 0.4) is 0 Å². The summed E-state index contributed by atoms with van der Waals surface area (Å²) in [5.41, 5.74) is 7.66. The zero-order chi connectivity index (χ0) is 15.6. The molecule has 118 valence electrons. The first-order valence-electron chi connectivity index (χ1n) is 7.87. The molecule has 1 aromatic rings. The molecule has 0 spiro atoms. The molecule has 0 atom stereocenters. The van der Waals surface area contributed by atoms with Crippen LogP contribution >= 0.6 is 15.9 Å². The molecule has 0 amide bonds. The Labute approximate surface area is 135 Å². The summed E-state index contributed by atoms with van der Waals surface area (Å²) in [5.74, 6) is 0.996. The molecular weight excluding hydrogens is 330 g/mol. The maximum absolute atomic E-state index is 12.9. The van der Waals surface area contributed by atoms with Crippen LogP contribution in [-0.2, 0) is 24.7 Å². The minimum absolute atomic E-state index is 0.281. The number of nitrogens with zero attached hydrogens (tertiary/aromatic N) is 2. The molecule has 2 N–H and O–H groups in total. The number of carbonyl (C=O) groups is 1. The molecule has 0 bridgehead atoms. The number of rotatable bonds is 5. The Morgan fingerprint density at radius 2 is 2.10 bits per heavy atom. The molecule has 0 unspecified atom stereocenters. The molecule has 0 aliphatic heterocycles. The zero-order valence-corrected chi connectivity index (χ0v) is 14.9. The van der Waals surface area contributed by atoms with Gasteiger partial charge in [-0.25, -0.2) is 0 Å². The number of carbonyl (C=O) groups excluding carboxylic acids is 1. The Morgan fingerprint density at radius 3 is 2.57 bits per heavy atom. The third-order valence-corrected chi connectivity index (χ3v) is 5.96. The van der Waals surface area contributed by atoms with E-state index in [4.69, 9.17) is 5.73 Å². The molecule has 0 radical (unpaired) electrons. The van der Waals surface area contributed by atoms with Gasteiger partial charge in [-0.15, -0.1) is 0 Å². The topological polar surface area (TPSA) is 60.9 Å². The van der Waals surface area contributed by atoms with E-state index in [0.29, 0.717) is 18.9 Å². The third-order valence-electron chi connectivity index (χ3n) is 5.04. The van der Waals surface area contributed by atoms with Crippen LogP contribution in [0, 0.1) is 11.3 Å². The molecule has 5 heteroatoms. The van der Waals surface area contributed by atoms with E-state index < -0.39 is 0 Å². The Morgan fingerprint density at radius 1 is 1.48 bits per heavy atom. The zero-order valence-electron chi connectivity index (χ0n) is 13.3. The molecule has 1 aromatic heterocycles. The summed E-state index contributed by atoms with van der Waals surface area (Å²) in [6.45, 7) is 4.80. The normalized spacial score (nSPS) is 26.0. The summed E-state index contributed by atoms with van der Waals surface area (Å²) < 4.78 is 2.81. The van der Waals surface area contributed by atoms with Crippen LogP contribution in [0.15, 0.2) is 4.47 Å². The van der Waals surface area contributed by atoms with E-state index in [2.05, 4.69) is 34.9 Å². The van der Waals surface area contributed by atoms with Crippen LogP contribution in [0.25, 0.3) is 0 Å². The van der Waals surface area contributed by atoms with Gasteiger partial charge in [0, 0.05) is 19.0 Å². The number of ketones is 1. The Hall–Kier alpha value is -0.680. The first kappa shape index (κ1) is 16.7. The van der Waals surface area contributed by atoms with Crippen LogP contribution in [0.2, 0.25) is 0 Å². The van der Waals surface area contributed by atoms with Crippen molar-refractivity contribution < 1.29 is 4.79 Å². The van der Waals surface area contributed by atoms with Crippen molar-refractivity contribution in [2.45, 2.75) is 52.4 Å². The first-order valence-corrected chi connectivity index (χ1v) is 8.66. The molecule has 21 heavy (non-hydrogen) atoms. The minimum atomic E-state index is -0.317. The fraction of sp³-hybridized carbons (Fsp3) is 0.750. The number of nitrogens with two attached hydrogens (primary N) is 1. The fourth-order valence-electron chi connectivity index (χ4n) is 3.26. The van der Waals surface area contributed by atoms with E-state index in [1.165, 1.54) is 0 Å². The Bertz CT molecular complexity index is 516. The van der Waals surface area contributed by atoms with Crippen molar-refractivity contribution in [1.82, 2.24) is 9.78 Å². The molecule has 1 heterocycles. The Kier molecular flexibility index (Phi) is 5.25. The van der Waals surface area contributed by atoms with Gasteiger partial charge in [-0.2, -0.15) is 5.10 Å². The van der Waals surface area contributed by atoms with Crippen LogP contribution < -0.4 is 5.73 Å². The van der Waals surface area contributed by atoms with Crippen LogP contribution in [-0.4, -0.2) is 22.1 Å². The van der Waals surface area contributed by atoms with Gasteiger partial charge in [0.15, 0.2) is 0 Å². The SMILES string of the molecule is CCc1nn(C)c(CC(=O)C2(CN)CCC(C)CC2)c1Br. The predicted octanol–water partition coefficient (Wildman–Crippen LogP) is 3.01. The molecule has 0 aromatic carbocycles. The van der Waals surface area contributed by atoms with Gasteiger partial charge in [-0.3, -0.25) is 9.48 Å². The highest BCUT2D eigenvalue weighted by Crippen LogP contribution is 2.40. The lowest BCUT2D eigenvalue weighted by Crippen LogP contribution is -2.42. The van der Waals surface area contributed by atoms with Gasteiger partial charge in [-0.1, -0.05) is 13.8 Å². The minimum Gasteiger partial charge on any atom is -0.329 e. The van der Waals surface area contributed by atoms with Crippen molar-refractivity contribution in [2.75, 3.05) is 6.54 Å². The third kappa shape index (κ3) is 3.24. The summed E-state index contributed by atoms with van der Waals surface area (Å²) in [4.78, 5) is 12.9. The van der Waals surface area contributed by atoms with Crippen molar-refractivity contribution in [2.24, 2.45) is 24.1 Å². The van der Waals surface area contributed by atoms with E-state index in [-0.39, 0.29) is 11.2 Å². The highest BCUT2D eigenvalue weighted by molar-refractivity contribution is 9.10. The maximum Gasteiger partial charge on any atom is 0.146 e. The molecular formula is C16H26BrN3O. The average Bonchev–Trinajstić information content (AvgIpc) is 2.75. The van der Waals surface area contributed by atoms with E-state index in [9.17, 15) is 4.79 Å². The molecule has 4 nitrogen and oxygen atoms in total. The van der Waals surface area contributed by atoms with Crippen LogP contribution in [0.1, 0.15) is 50.9 Å². The van der Waals surface area contributed by atoms with Crippen molar-refractivity contribution in [3.8, 4) is 0 Å². The monoisotopic (exact) mass is 355 g/mol. The smallest absolute Gasteiger partial charge is 0.146 e. The number of aryl methyl sites for hydroxylation is 2. The standard InChI is InChI=1S/C16H26BrN3O/c1-4-12-15(17)13(20(3)19-12)9-14(21)16(10-18)7-5-11(2)6-8-16/h11H,4-10,18H2,1-3H3. The van der Waals surface area contributed by atoms with E-state index >= 15 is 0 Å². The average molecular weight is 356 g/mol. The van der Waals surface area contributed by atoms with E-state index in [0.717, 1.165) is 48.0 Å². The quantitative estimate of drug-likeness (QED) is 0.882. The largest absolute Gasteiger partial charge is 0.329 e. The Balaban J connectivity index is 2.19. The van der Waals surface area contributed by atoms with Gasteiger partial charge < -0.3 is 5.73 Å².